The molecule has 0 spiro atoms. The number of rotatable bonds is 3. The first-order chi connectivity index (χ1) is 12.3. The fraction of sp³-hybridized carbons (Fsp3) is 0.235. The lowest BCUT2D eigenvalue weighted by Gasteiger charge is -2.16. The Morgan fingerprint density at radius 3 is 2.62 bits per heavy atom. The number of nitrogens with zero attached hydrogens (tertiary/aromatic N) is 2. The highest BCUT2D eigenvalue weighted by atomic mass is 35.5. The maximum atomic E-state index is 12.9. The molecule has 1 atom stereocenters. The summed E-state index contributed by atoms with van der Waals surface area (Å²) in [6.45, 7) is 0.155. The lowest BCUT2D eigenvalue weighted by atomic mass is 10.1. The zero-order valence-electron chi connectivity index (χ0n) is 13.3. The summed E-state index contributed by atoms with van der Waals surface area (Å²) >= 11 is 5.46. The van der Waals surface area contributed by atoms with Crippen LogP contribution >= 0.6 is 11.6 Å². The van der Waals surface area contributed by atoms with E-state index in [2.05, 4.69) is 10.3 Å². The normalized spacial score (nSPS) is 17.5. The van der Waals surface area contributed by atoms with Crippen LogP contribution in [-0.4, -0.2) is 23.3 Å². The van der Waals surface area contributed by atoms with E-state index < -0.39 is 28.7 Å². The van der Waals surface area contributed by atoms with Crippen molar-refractivity contribution < 1.29 is 22.8 Å². The zero-order valence-corrected chi connectivity index (χ0v) is 14.0. The summed E-state index contributed by atoms with van der Waals surface area (Å²) in [7, 11) is 0. The molecular weight excluding hydrogens is 371 g/mol. The number of benzene rings is 1. The van der Waals surface area contributed by atoms with Crippen LogP contribution in [0, 0.1) is 5.92 Å². The van der Waals surface area contributed by atoms with Crippen molar-refractivity contribution >= 4 is 34.8 Å². The Morgan fingerprint density at radius 1 is 1.27 bits per heavy atom. The van der Waals surface area contributed by atoms with Gasteiger partial charge in [-0.25, -0.2) is 4.98 Å². The number of halogens is 4. The SMILES string of the molecule is O=C(Nc1cnc(Cl)c(C(F)(F)F)c1)C1CC(=O)N(c2ccccc2)C1. The average molecular weight is 384 g/mol. The molecule has 1 aliphatic heterocycles. The van der Waals surface area contributed by atoms with E-state index >= 15 is 0 Å². The molecule has 26 heavy (non-hydrogen) atoms. The number of para-hydroxylation sites is 1. The van der Waals surface area contributed by atoms with E-state index in [0.717, 1.165) is 12.3 Å². The average Bonchev–Trinajstić information content (AvgIpc) is 2.98. The lowest BCUT2D eigenvalue weighted by molar-refractivity contribution is -0.137. The first-order valence-corrected chi connectivity index (χ1v) is 8.02. The Balaban J connectivity index is 1.72. The Labute approximate surface area is 151 Å². The third-order valence-corrected chi connectivity index (χ3v) is 4.28. The van der Waals surface area contributed by atoms with E-state index in [1.54, 1.807) is 30.3 Å². The van der Waals surface area contributed by atoms with Crippen LogP contribution in [0.4, 0.5) is 24.5 Å². The van der Waals surface area contributed by atoms with Crippen molar-refractivity contribution in [3.63, 3.8) is 0 Å². The smallest absolute Gasteiger partial charge is 0.324 e. The van der Waals surface area contributed by atoms with Gasteiger partial charge >= 0.3 is 6.18 Å². The number of nitrogens with one attached hydrogen (secondary N) is 1. The molecule has 0 radical (unpaired) electrons. The van der Waals surface area contributed by atoms with Gasteiger partial charge in [0, 0.05) is 18.7 Å². The number of hydrogen-bond acceptors (Lipinski definition) is 3. The standard InChI is InChI=1S/C17H13ClF3N3O2/c18-15-13(17(19,20)21)7-11(8-22-15)23-16(26)10-6-14(25)24(9-10)12-4-2-1-3-5-12/h1-5,7-8,10H,6,9H2,(H,23,26). The Bertz CT molecular complexity index is 843. The van der Waals surface area contributed by atoms with Crippen molar-refractivity contribution in [2.75, 3.05) is 16.8 Å². The molecule has 1 saturated heterocycles. The quantitative estimate of drug-likeness (QED) is 0.821. The number of anilines is 2. The number of alkyl halides is 3. The highest BCUT2D eigenvalue weighted by Crippen LogP contribution is 2.35. The molecule has 1 aromatic heterocycles. The summed E-state index contributed by atoms with van der Waals surface area (Å²) in [5.41, 5.74) is -0.594. The molecule has 136 valence electrons. The van der Waals surface area contributed by atoms with Crippen molar-refractivity contribution in [1.29, 1.82) is 0 Å². The largest absolute Gasteiger partial charge is 0.419 e. The van der Waals surface area contributed by atoms with Gasteiger partial charge in [0.1, 0.15) is 5.15 Å². The summed E-state index contributed by atoms with van der Waals surface area (Å²) in [6.07, 6.45) is -3.66. The number of carbonyl (C=O) groups is 2. The van der Waals surface area contributed by atoms with Crippen molar-refractivity contribution in [2.45, 2.75) is 12.6 Å². The second-order valence-corrected chi connectivity index (χ2v) is 6.15. The van der Waals surface area contributed by atoms with Gasteiger partial charge in [0.05, 0.1) is 23.4 Å². The van der Waals surface area contributed by atoms with E-state index in [1.165, 1.54) is 4.90 Å². The van der Waals surface area contributed by atoms with Crippen LogP contribution in [-0.2, 0) is 15.8 Å². The Hall–Kier alpha value is -2.61. The van der Waals surface area contributed by atoms with Gasteiger partial charge in [-0.15, -0.1) is 0 Å². The molecule has 2 heterocycles. The third kappa shape index (κ3) is 3.80. The molecule has 1 N–H and O–H groups in total. The third-order valence-electron chi connectivity index (χ3n) is 3.98. The van der Waals surface area contributed by atoms with E-state index in [4.69, 9.17) is 11.6 Å². The minimum Gasteiger partial charge on any atom is -0.324 e. The lowest BCUT2D eigenvalue weighted by Crippen LogP contribution is -2.28. The molecule has 0 bridgehead atoms. The first kappa shape index (κ1) is 18.2. The summed E-state index contributed by atoms with van der Waals surface area (Å²) in [4.78, 5) is 29.4. The van der Waals surface area contributed by atoms with Crippen molar-refractivity contribution in [1.82, 2.24) is 4.98 Å². The summed E-state index contributed by atoms with van der Waals surface area (Å²) in [5.74, 6) is -1.44. The van der Waals surface area contributed by atoms with Crippen LogP contribution in [0.5, 0.6) is 0 Å². The maximum absolute atomic E-state index is 12.9. The molecule has 0 saturated carbocycles. The van der Waals surface area contributed by atoms with Crippen molar-refractivity contribution in [3.8, 4) is 0 Å². The highest BCUT2D eigenvalue weighted by molar-refractivity contribution is 6.30. The van der Waals surface area contributed by atoms with E-state index in [-0.39, 0.29) is 24.6 Å². The second-order valence-electron chi connectivity index (χ2n) is 5.79. The van der Waals surface area contributed by atoms with Gasteiger partial charge in [-0.05, 0) is 18.2 Å². The molecule has 3 rings (SSSR count). The molecule has 2 aromatic rings. The molecule has 1 fully saturated rings. The van der Waals surface area contributed by atoms with Crippen LogP contribution in [0.1, 0.15) is 12.0 Å². The molecule has 1 aliphatic rings. The monoisotopic (exact) mass is 383 g/mol. The van der Waals surface area contributed by atoms with E-state index in [9.17, 15) is 22.8 Å². The minimum atomic E-state index is -4.68. The van der Waals surface area contributed by atoms with Crippen LogP contribution in [0.25, 0.3) is 0 Å². The molecular formula is C17H13ClF3N3O2. The maximum Gasteiger partial charge on any atom is 0.419 e. The first-order valence-electron chi connectivity index (χ1n) is 7.64. The predicted octanol–water partition coefficient (Wildman–Crippen LogP) is 3.75. The Kier molecular flexibility index (Phi) is 4.86. The number of aromatic nitrogens is 1. The number of pyridine rings is 1. The van der Waals surface area contributed by atoms with Gasteiger partial charge in [-0.1, -0.05) is 29.8 Å². The molecule has 9 heteroatoms. The van der Waals surface area contributed by atoms with E-state index in [1.807, 2.05) is 0 Å². The molecule has 1 aromatic carbocycles. The van der Waals surface area contributed by atoms with Gasteiger partial charge in [0.25, 0.3) is 0 Å². The highest BCUT2D eigenvalue weighted by Gasteiger charge is 2.36. The summed E-state index contributed by atoms with van der Waals surface area (Å²) < 4.78 is 38.6. The van der Waals surface area contributed by atoms with Crippen molar-refractivity contribution in [3.05, 3.63) is 53.3 Å². The zero-order chi connectivity index (χ0) is 18.9. The van der Waals surface area contributed by atoms with Crippen LogP contribution in [0.15, 0.2) is 42.6 Å². The van der Waals surface area contributed by atoms with Crippen LogP contribution < -0.4 is 10.2 Å². The van der Waals surface area contributed by atoms with Crippen molar-refractivity contribution in [2.24, 2.45) is 5.92 Å². The summed E-state index contributed by atoms with van der Waals surface area (Å²) in [6, 6.07) is 9.56. The Morgan fingerprint density at radius 2 is 1.96 bits per heavy atom. The van der Waals surface area contributed by atoms with Gasteiger partial charge in [-0.2, -0.15) is 13.2 Å². The second kappa shape index (κ2) is 6.95. The molecule has 5 nitrogen and oxygen atoms in total. The van der Waals surface area contributed by atoms with Gasteiger partial charge in [0.2, 0.25) is 11.8 Å². The minimum absolute atomic E-state index is 0.0200. The van der Waals surface area contributed by atoms with Gasteiger partial charge in [-0.3, -0.25) is 9.59 Å². The fourth-order valence-corrected chi connectivity index (χ4v) is 2.91. The number of hydrogen-bond donors (Lipinski definition) is 1. The predicted molar refractivity (Wildman–Crippen MR) is 89.8 cm³/mol. The van der Waals surface area contributed by atoms with Crippen LogP contribution in [0.3, 0.4) is 0 Å². The number of carbonyl (C=O) groups excluding carboxylic acids is 2. The summed E-state index contributed by atoms with van der Waals surface area (Å²) in [5, 5.41) is 1.68. The van der Waals surface area contributed by atoms with Gasteiger partial charge < -0.3 is 10.2 Å². The fourth-order valence-electron chi connectivity index (χ4n) is 2.70. The molecule has 2 amide bonds. The van der Waals surface area contributed by atoms with E-state index in [0.29, 0.717) is 5.69 Å². The molecule has 1 unspecified atom stereocenters. The molecule has 0 aliphatic carbocycles. The van der Waals surface area contributed by atoms with Gasteiger partial charge in [0.15, 0.2) is 0 Å². The van der Waals surface area contributed by atoms with Crippen LogP contribution in [0.2, 0.25) is 5.15 Å². The topological polar surface area (TPSA) is 62.3 Å². The number of amides is 2.